The van der Waals surface area contributed by atoms with E-state index in [1.54, 1.807) is 6.07 Å². The summed E-state index contributed by atoms with van der Waals surface area (Å²) in [5, 5.41) is 0. The number of primary amides is 1. The molecule has 0 spiro atoms. The fourth-order valence-electron chi connectivity index (χ4n) is 3.92. The smallest absolute Gasteiger partial charge is 0.249 e. The molecule has 2 heterocycles. The lowest BCUT2D eigenvalue weighted by Crippen LogP contribution is -2.19. The summed E-state index contributed by atoms with van der Waals surface area (Å²) in [7, 11) is 0. The van der Waals surface area contributed by atoms with Gasteiger partial charge in [-0.2, -0.15) is 0 Å². The molecule has 2 atom stereocenters. The zero-order chi connectivity index (χ0) is 21.1. The summed E-state index contributed by atoms with van der Waals surface area (Å²) in [6.07, 6.45) is 2.68. The third-order valence-corrected chi connectivity index (χ3v) is 5.56. The summed E-state index contributed by atoms with van der Waals surface area (Å²) in [6, 6.07) is 17.8. The van der Waals surface area contributed by atoms with Gasteiger partial charge in [0.05, 0.1) is 13.2 Å². The molecule has 0 bridgehead atoms. The minimum atomic E-state index is -0.470. The molecule has 1 unspecified atom stereocenters. The summed E-state index contributed by atoms with van der Waals surface area (Å²) in [4.78, 5) is 16.9. The van der Waals surface area contributed by atoms with Crippen LogP contribution in [0.15, 0.2) is 60.8 Å². The third-order valence-electron chi connectivity index (χ3n) is 5.56. The van der Waals surface area contributed by atoms with Crippen molar-refractivity contribution in [1.29, 1.82) is 0 Å². The van der Waals surface area contributed by atoms with Gasteiger partial charge in [-0.15, -0.1) is 0 Å². The van der Waals surface area contributed by atoms with E-state index in [2.05, 4.69) is 11.9 Å². The van der Waals surface area contributed by atoms with Crippen LogP contribution in [0.3, 0.4) is 0 Å². The van der Waals surface area contributed by atoms with Gasteiger partial charge in [-0.3, -0.25) is 9.78 Å². The molecule has 1 aromatic heterocycles. The van der Waals surface area contributed by atoms with E-state index in [0.29, 0.717) is 24.5 Å². The van der Waals surface area contributed by atoms with Crippen molar-refractivity contribution < 1.29 is 14.3 Å². The highest BCUT2D eigenvalue weighted by Crippen LogP contribution is 2.39. The second-order valence-corrected chi connectivity index (χ2v) is 7.72. The second kappa shape index (κ2) is 8.67. The Morgan fingerprint density at radius 3 is 2.63 bits per heavy atom. The number of amides is 1. The molecule has 0 radical (unpaired) electrons. The average Bonchev–Trinajstić information content (AvgIpc) is 3.27. The Morgan fingerprint density at radius 1 is 1.20 bits per heavy atom. The Labute approximate surface area is 176 Å². The Hall–Kier alpha value is -3.18. The topological polar surface area (TPSA) is 74.4 Å². The van der Waals surface area contributed by atoms with Crippen molar-refractivity contribution in [2.75, 3.05) is 13.2 Å². The first kappa shape index (κ1) is 20.1. The van der Waals surface area contributed by atoms with Crippen LogP contribution in [0, 0.1) is 6.92 Å². The first-order chi connectivity index (χ1) is 14.5. The number of aryl methyl sites for hydroxylation is 1. The van der Waals surface area contributed by atoms with Gasteiger partial charge in [0.2, 0.25) is 5.91 Å². The Morgan fingerprint density at radius 2 is 2.00 bits per heavy atom. The van der Waals surface area contributed by atoms with Crippen LogP contribution in [-0.2, 0) is 4.74 Å². The number of pyridine rings is 1. The molecule has 30 heavy (non-hydrogen) atoms. The molecular weight excluding hydrogens is 376 g/mol. The molecule has 1 aliphatic heterocycles. The molecule has 1 amide bonds. The summed E-state index contributed by atoms with van der Waals surface area (Å²) >= 11 is 0. The van der Waals surface area contributed by atoms with Crippen molar-refractivity contribution in [3.8, 4) is 16.9 Å². The van der Waals surface area contributed by atoms with Crippen LogP contribution in [0.25, 0.3) is 11.1 Å². The van der Waals surface area contributed by atoms with Crippen molar-refractivity contribution in [1.82, 2.24) is 4.98 Å². The van der Waals surface area contributed by atoms with Crippen molar-refractivity contribution >= 4 is 5.91 Å². The molecule has 154 valence electrons. The fourth-order valence-corrected chi connectivity index (χ4v) is 3.92. The summed E-state index contributed by atoms with van der Waals surface area (Å²) in [6.45, 7) is 5.28. The predicted molar refractivity (Wildman–Crippen MR) is 117 cm³/mol. The molecule has 0 saturated carbocycles. The second-order valence-electron chi connectivity index (χ2n) is 7.72. The van der Waals surface area contributed by atoms with Crippen LogP contribution >= 0.6 is 0 Å². The van der Waals surface area contributed by atoms with E-state index in [0.717, 1.165) is 34.4 Å². The van der Waals surface area contributed by atoms with Crippen LogP contribution in [-0.4, -0.2) is 30.2 Å². The zero-order valence-corrected chi connectivity index (χ0v) is 17.3. The van der Waals surface area contributed by atoms with E-state index >= 15 is 0 Å². The molecule has 1 aliphatic rings. The SMILES string of the molecule is Cc1ccc([C@H](C)c2c(C(N)=O)cc(OC3CCOC3)cc2-c2ccccc2)cn1. The number of nitrogens with two attached hydrogens (primary N) is 1. The van der Waals surface area contributed by atoms with E-state index in [1.807, 2.05) is 61.7 Å². The van der Waals surface area contributed by atoms with Gasteiger partial charge in [0, 0.05) is 29.8 Å². The molecule has 3 aromatic rings. The van der Waals surface area contributed by atoms with E-state index in [4.69, 9.17) is 15.2 Å². The predicted octanol–water partition coefficient (Wildman–Crippen LogP) is 4.48. The first-order valence-electron chi connectivity index (χ1n) is 10.2. The van der Waals surface area contributed by atoms with E-state index in [1.165, 1.54) is 0 Å². The van der Waals surface area contributed by atoms with Gasteiger partial charge < -0.3 is 15.2 Å². The molecule has 1 fully saturated rings. The average molecular weight is 402 g/mol. The molecule has 4 rings (SSSR count). The molecule has 5 nitrogen and oxygen atoms in total. The normalized spacial score (nSPS) is 16.9. The van der Waals surface area contributed by atoms with Gasteiger partial charge in [-0.05, 0) is 47.4 Å². The Kier molecular flexibility index (Phi) is 5.81. The van der Waals surface area contributed by atoms with Gasteiger partial charge >= 0.3 is 0 Å². The van der Waals surface area contributed by atoms with Crippen molar-refractivity contribution in [3.63, 3.8) is 0 Å². The van der Waals surface area contributed by atoms with E-state index in [9.17, 15) is 4.79 Å². The number of hydrogen-bond acceptors (Lipinski definition) is 4. The third kappa shape index (κ3) is 4.21. The minimum absolute atomic E-state index is 0.0149. The summed E-state index contributed by atoms with van der Waals surface area (Å²) in [5.41, 5.74) is 11.1. The largest absolute Gasteiger partial charge is 0.488 e. The maximum absolute atomic E-state index is 12.5. The van der Waals surface area contributed by atoms with Crippen molar-refractivity contribution in [3.05, 3.63) is 83.2 Å². The van der Waals surface area contributed by atoms with E-state index < -0.39 is 5.91 Å². The van der Waals surface area contributed by atoms with Crippen LogP contribution < -0.4 is 10.5 Å². The number of ether oxygens (including phenoxy) is 2. The molecule has 5 heteroatoms. The van der Waals surface area contributed by atoms with Crippen molar-refractivity contribution in [2.24, 2.45) is 5.73 Å². The standard InChI is InChI=1S/C25H26N2O3/c1-16-8-9-19(14-27-16)17(2)24-22(18-6-4-3-5-7-18)12-21(13-23(24)25(26)28)30-20-10-11-29-15-20/h3-9,12-14,17,20H,10-11,15H2,1-2H3,(H2,26,28)/t17-,20?/m0/s1. The van der Waals surface area contributed by atoms with Crippen LogP contribution in [0.4, 0.5) is 0 Å². The van der Waals surface area contributed by atoms with Crippen LogP contribution in [0.1, 0.15) is 46.4 Å². The van der Waals surface area contributed by atoms with Gasteiger partial charge in [0.1, 0.15) is 11.9 Å². The Balaban J connectivity index is 1.87. The van der Waals surface area contributed by atoms with Crippen LogP contribution in [0.5, 0.6) is 5.75 Å². The van der Waals surface area contributed by atoms with Crippen molar-refractivity contribution in [2.45, 2.75) is 32.3 Å². The number of rotatable bonds is 6. The van der Waals surface area contributed by atoms with Gasteiger partial charge in [-0.1, -0.05) is 43.3 Å². The zero-order valence-electron chi connectivity index (χ0n) is 17.3. The molecule has 2 aromatic carbocycles. The number of hydrogen-bond donors (Lipinski definition) is 1. The molecular formula is C25H26N2O3. The lowest BCUT2D eigenvalue weighted by atomic mass is 9.84. The lowest BCUT2D eigenvalue weighted by Gasteiger charge is -2.22. The maximum atomic E-state index is 12.5. The highest BCUT2D eigenvalue weighted by molar-refractivity contribution is 5.97. The first-order valence-corrected chi connectivity index (χ1v) is 10.2. The number of benzene rings is 2. The monoisotopic (exact) mass is 402 g/mol. The number of carbonyl (C=O) groups is 1. The van der Waals surface area contributed by atoms with Gasteiger partial charge in [-0.25, -0.2) is 0 Å². The lowest BCUT2D eigenvalue weighted by molar-refractivity contribution is 0.0998. The number of aromatic nitrogens is 1. The highest BCUT2D eigenvalue weighted by atomic mass is 16.5. The maximum Gasteiger partial charge on any atom is 0.249 e. The molecule has 2 N–H and O–H groups in total. The van der Waals surface area contributed by atoms with Crippen LogP contribution in [0.2, 0.25) is 0 Å². The molecule has 1 saturated heterocycles. The highest BCUT2D eigenvalue weighted by Gasteiger charge is 2.24. The minimum Gasteiger partial charge on any atom is -0.488 e. The van der Waals surface area contributed by atoms with Gasteiger partial charge in [0.15, 0.2) is 0 Å². The number of carbonyl (C=O) groups excluding carboxylic acids is 1. The molecule has 0 aliphatic carbocycles. The van der Waals surface area contributed by atoms with Gasteiger partial charge in [0.25, 0.3) is 0 Å². The van der Waals surface area contributed by atoms with E-state index in [-0.39, 0.29) is 12.0 Å². The number of nitrogens with zero attached hydrogens (tertiary/aromatic N) is 1. The summed E-state index contributed by atoms with van der Waals surface area (Å²) < 4.78 is 11.6. The quantitative estimate of drug-likeness (QED) is 0.660. The Bertz CT molecular complexity index is 1030. The summed E-state index contributed by atoms with van der Waals surface area (Å²) in [5.74, 6) is 0.0954. The fraction of sp³-hybridized carbons (Fsp3) is 0.280.